The smallest absolute Gasteiger partial charge is 0.303 e. The van der Waals surface area contributed by atoms with E-state index >= 15 is 0 Å². The Morgan fingerprint density at radius 2 is 1.33 bits per heavy atom. The molecule has 0 fully saturated rings. The second kappa shape index (κ2) is 22.4. The van der Waals surface area contributed by atoms with E-state index in [0.29, 0.717) is 0 Å². The Hall–Kier alpha value is -0.530. The van der Waals surface area contributed by atoms with E-state index in [0.717, 1.165) is 0 Å². The van der Waals surface area contributed by atoms with Gasteiger partial charge in [-0.3, -0.25) is 4.79 Å². The van der Waals surface area contributed by atoms with E-state index in [9.17, 15) is 4.79 Å². The van der Waals surface area contributed by atoms with Crippen LogP contribution in [0.25, 0.3) is 0 Å². The Bertz CT molecular complexity index is 68.2. The number of carboxylic acid groups (broad SMARTS) is 1. The third-order valence-corrected chi connectivity index (χ3v) is 1.01. The number of hydrogen-bond acceptors (Lipinski definition) is 1. The van der Waals surface area contributed by atoms with Crippen molar-refractivity contribution in [1.82, 2.24) is 0 Å². The largest absolute Gasteiger partial charge is 0.481 e. The molecule has 12 heavy (non-hydrogen) atoms. The molecule has 0 aliphatic carbocycles. The van der Waals surface area contributed by atoms with Crippen LogP contribution < -0.4 is 0 Å². The van der Waals surface area contributed by atoms with Crippen molar-refractivity contribution in [3.8, 4) is 0 Å². The van der Waals surface area contributed by atoms with Crippen molar-refractivity contribution in [2.45, 2.75) is 60.3 Å². The van der Waals surface area contributed by atoms with Gasteiger partial charge < -0.3 is 5.11 Å². The molecule has 0 amide bonds. The molecular formula is C10H24O2. The summed E-state index contributed by atoms with van der Waals surface area (Å²) < 4.78 is 0. The van der Waals surface area contributed by atoms with Gasteiger partial charge in [-0.05, 0) is 0 Å². The van der Waals surface area contributed by atoms with Gasteiger partial charge in [-0.25, -0.2) is 0 Å². The number of carbonyl (C=O) groups is 1. The van der Waals surface area contributed by atoms with Gasteiger partial charge in [-0.2, -0.15) is 0 Å². The van der Waals surface area contributed by atoms with Crippen LogP contribution in [0.1, 0.15) is 60.3 Å². The van der Waals surface area contributed by atoms with Gasteiger partial charge >= 0.3 is 5.97 Å². The van der Waals surface area contributed by atoms with Crippen molar-refractivity contribution in [3.05, 3.63) is 0 Å². The lowest BCUT2D eigenvalue weighted by atomic mass is 10.3. The van der Waals surface area contributed by atoms with Gasteiger partial charge in [0.15, 0.2) is 0 Å². The fourth-order valence-electron chi connectivity index (χ4n) is 0.354. The predicted octanol–water partition coefficient (Wildman–Crippen LogP) is 3.70. The topological polar surface area (TPSA) is 37.3 Å². The summed E-state index contributed by atoms with van der Waals surface area (Å²) in [6, 6.07) is 0. The summed E-state index contributed by atoms with van der Waals surface area (Å²) in [4.78, 5) is 9.37. The number of hydrogen-bond donors (Lipinski definition) is 1. The minimum absolute atomic E-state index is 0.222. The van der Waals surface area contributed by atoms with Gasteiger partial charge in [-0.15, -0.1) is 0 Å². The average Bonchev–Trinajstić information content (AvgIpc) is 2.10. The van der Waals surface area contributed by atoms with E-state index in [1.54, 1.807) is 6.92 Å². The van der Waals surface area contributed by atoms with Gasteiger partial charge in [0.25, 0.3) is 0 Å². The zero-order chi connectivity index (χ0) is 10.4. The van der Waals surface area contributed by atoms with Gasteiger partial charge in [-0.1, -0.05) is 53.9 Å². The fraction of sp³-hybridized carbons (Fsp3) is 0.900. The maximum Gasteiger partial charge on any atom is 0.303 e. The molecule has 1 N–H and O–H groups in total. The van der Waals surface area contributed by atoms with Crippen molar-refractivity contribution in [2.24, 2.45) is 0 Å². The van der Waals surface area contributed by atoms with Gasteiger partial charge in [0, 0.05) is 6.42 Å². The van der Waals surface area contributed by atoms with Crippen LogP contribution in [0.4, 0.5) is 0 Å². The van der Waals surface area contributed by atoms with E-state index in [-0.39, 0.29) is 6.42 Å². The Morgan fingerprint density at radius 3 is 1.33 bits per heavy atom. The van der Waals surface area contributed by atoms with E-state index in [1.165, 1.54) is 19.3 Å². The van der Waals surface area contributed by atoms with Crippen LogP contribution in [0.15, 0.2) is 0 Å². The summed E-state index contributed by atoms with van der Waals surface area (Å²) in [6.45, 7) is 10.0. The zero-order valence-electron chi connectivity index (χ0n) is 9.18. The molecule has 0 saturated heterocycles. The second-order valence-corrected chi connectivity index (χ2v) is 2.10. The molecule has 0 unspecified atom stereocenters. The molecule has 0 aromatic heterocycles. The van der Waals surface area contributed by atoms with Crippen LogP contribution in [0.5, 0.6) is 0 Å². The summed E-state index contributed by atoms with van der Waals surface area (Å²) in [6.07, 6.45) is 4.30. The van der Waals surface area contributed by atoms with Crippen molar-refractivity contribution < 1.29 is 9.90 Å². The fourth-order valence-corrected chi connectivity index (χ4v) is 0.354. The standard InChI is InChI=1S/C5H12.C3H6O2.C2H6/c1-3-5-4-2;1-2-3(4)5;1-2/h3-5H2,1-2H3;2H2,1H3,(H,4,5);1-2H3. The molecule has 0 rings (SSSR count). The quantitative estimate of drug-likeness (QED) is 0.711. The summed E-state index contributed by atoms with van der Waals surface area (Å²) >= 11 is 0. The molecule has 0 aliphatic heterocycles. The van der Waals surface area contributed by atoms with Crippen LogP contribution in [0.2, 0.25) is 0 Å². The number of rotatable bonds is 3. The molecule has 0 aliphatic rings. The van der Waals surface area contributed by atoms with Crippen LogP contribution in [0.3, 0.4) is 0 Å². The number of unbranched alkanes of at least 4 members (excludes halogenated alkanes) is 2. The lowest BCUT2D eigenvalue weighted by molar-refractivity contribution is -0.136. The Balaban J connectivity index is -0.000000112. The molecule has 0 radical (unpaired) electrons. The van der Waals surface area contributed by atoms with Crippen LogP contribution in [-0.4, -0.2) is 11.1 Å². The SMILES string of the molecule is CC.CCC(=O)O.CCCCC. The van der Waals surface area contributed by atoms with Gasteiger partial charge in [0.05, 0.1) is 0 Å². The molecule has 76 valence electrons. The molecular weight excluding hydrogens is 152 g/mol. The normalized spacial score (nSPS) is 7.08. The molecule has 0 aromatic rings. The minimum Gasteiger partial charge on any atom is -0.481 e. The Kier molecular flexibility index (Phi) is 32.8. The van der Waals surface area contributed by atoms with E-state index < -0.39 is 5.97 Å². The molecule has 0 spiro atoms. The van der Waals surface area contributed by atoms with Crippen molar-refractivity contribution in [3.63, 3.8) is 0 Å². The minimum atomic E-state index is -0.745. The summed E-state index contributed by atoms with van der Waals surface area (Å²) in [5.74, 6) is -0.745. The van der Waals surface area contributed by atoms with Crippen LogP contribution in [0, 0.1) is 0 Å². The summed E-state index contributed by atoms with van der Waals surface area (Å²) in [5.41, 5.74) is 0. The third kappa shape index (κ3) is 56.4. The first-order valence-corrected chi connectivity index (χ1v) is 4.90. The number of aliphatic carboxylic acids is 1. The molecule has 2 heteroatoms. The number of carboxylic acids is 1. The maximum absolute atomic E-state index is 9.37. The van der Waals surface area contributed by atoms with Gasteiger partial charge in [0.1, 0.15) is 0 Å². The molecule has 0 heterocycles. The zero-order valence-corrected chi connectivity index (χ0v) is 9.18. The van der Waals surface area contributed by atoms with Crippen LogP contribution in [-0.2, 0) is 4.79 Å². The van der Waals surface area contributed by atoms with Gasteiger partial charge in [0.2, 0.25) is 0 Å². The lowest BCUT2D eigenvalue weighted by Crippen LogP contribution is -1.86. The highest BCUT2D eigenvalue weighted by atomic mass is 16.4. The van der Waals surface area contributed by atoms with Crippen molar-refractivity contribution in [1.29, 1.82) is 0 Å². The molecule has 2 nitrogen and oxygen atoms in total. The third-order valence-electron chi connectivity index (χ3n) is 1.01. The highest BCUT2D eigenvalue weighted by Gasteiger charge is 1.80. The Morgan fingerprint density at radius 1 is 1.08 bits per heavy atom. The van der Waals surface area contributed by atoms with E-state index in [4.69, 9.17) is 5.11 Å². The second-order valence-electron chi connectivity index (χ2n) is 2.10. The molecule has 0 aromatic carbocycles. The monoisotopic (exact) mass is 176 g/mol. The lowest BCUT2D eigenvalue weighted by Gasteiger charge is -1.79. The molecule has 0 bridgehead atoms. The molecule has 0 saturated carbocycles. The highest BCUT2D eigenvalue weighted by Crippen LogP contribution is 1.88. The summed E-state index contributed by atoms with van der Waals surface area (Å²) in [5, 5.41) is 7.72. The van der Waals surface area contributed by atoms with Crippen molar-refractivity contribution >= 4 is 5.97 Å². The maximum atomic E-state index is 9.37. The first-order valence-electron chi connectivity index (χ1n) is 4.90. The highest BCUT2D eigenvalue weighted by molar-refractivity contribution is 5.66. The summed E-state index contributed by atoms with van der Waals surface area (Å²) in [7, 11) is 0. The van der Waals surface area contributed by atoms with E-state index in [2.05, 4.69) is 13.8 Å². The van der Waals surface area contributed by atoms with E-state index in [1.807, 2.05) is 13.8 Å². The predicted molar refractivity (Wildman–Crippen MR) is 54.5 cm³/mol. The molecule has 0 atom stereocenters. The first kappa shape index (κ1) is 17.5. The Labute approximate surface area is 77.0 Å². The first-order chi connectivity index (χ1) is 5.68. The average molecular weight is 176 g/mol. The van der Waals surface area contributed by atoms with Crippen LogP contribution >= 0.6 is 0 Å². The van der Waals surface area contributed by atoms with Crippen molar-refractivity contribution in [2.75, 3.05) is 0 Å².